The maximum Gasteiger partial charge on any atom is 0.326 e. The van der Waals surface area contributed by atoms with Gasteiger partial charge in [0.15, 0.2) is 0 Å². The SMILES string of the molecule is CCOC(=O)CCC(CP(=O)(O)O)C(=O)NC(c1ccccc1)(c1ccccc1)c1ccccc1. The second kappa shape index (κ2) is 11.9. The highest BCUT2D eigenvalue weighted by molar-refractivity contribution is 7.51. The van der Waals surface area contributed by atoms with Crippen LogP contribution in [0.15, 0.2) is 91.0 Å². The van der Waals surface area contributed by atoms with Gasteiger partial charge in [0.25, 0.3) is 0 Å². The lowest BCUT2D eigenvalue weighted by Gasteiger charge is -2.38. The van der Waals surface area contributed by atoms with E-state index in [1.807, 2.05) is 91.0 Å². The van der Waals surface area contributed by atoms with Gasteiger partial charge in [-0.3, -0.25) is 14.2 Å². The number of carbonyl (C=O) groups is 2. The molecule has 0 aliphatic rings. The second-order valence-electron chi connectivity index (χ2n) is 8.23. The summed E-state index contributed by atoms with van der Waals surface area (Å²) in [7, 11) is -4.55. The van der Waals surface area contributed by atoms with Gasteiger partial charge in [-0.05, 0) is 30.0 Å². The fourth-order valence-corrected chi connectivity index (χ4v) is 5.11. The lowest BCUT2D eigenvalue weighted by molar-refractivity contribution is -0.143. The molecule has 0 spiro atoms. The highest BCUT2D eigenvalue weighted by atomic mass is 31.2. The van der Waals surface area contributed by atoms with Crippen LogP contribution < -0.4 is 5.32 Å². The highest BCUT2D eigenvalue weighted by Gasteiger charge is 2.40. The first-order valence-corrected chi connectivity index (χ1v) is 13.2. The Kier molecular flexibility index (Phi) is 8.99. The van der Waals surface area contributed by atoms with E-state index in [-0.39, 0.29) is 19.4 Å². The highest BCUT2D eigenvalue weighted by Crippen LogP contribution is 2.40. The minimum absolute atomic E-state index is 0.0514. The molecular formula is C27H30NO6P. The van der Waals surface area contributed by atoms with Gasteiger partial charge in [-0.2, -0.15) is 0 Å². The van der Waals surface area contributed by atoms with E-state index in [2.05, 4.69) is 5.32 Å². The third-order valence-corrected chi connectivity index (χ3v) is 6.68. The van der Waals surface area contributed by atoms with Gasteiger partial charge in [-0.15, -0.1) is 0 Å². The maximum absolute atomic E-state index is 13.7. The van der Waals surface area contributed by atoms with Crippen molar-refractivity contribution in [3.8, 4) is 0 Å². The van der Waals surface area contributed by atoms with Gasteiger partial charge < -0.3 is 19.8 Å². The van der Waals surface area contributed by atoms with E-state index in [1.54, 1.807) is 6.92 Å². The van der Waals surface area contributed by atoms with Gasteiger partial charge >= 0.3 is 13.6 Å². The number of amides is 1. The van der Waals surface area contributed by atoms with Crippen molar-refractivity contribution in [1.82, 2.24) is 5.32 Å². The van der Waals surface area contributed by atoms with Crippen molar-refractivity contribution < 1.29 is 28.7 Å². The predicted molar refractivity (Wildman–Crippen MR) is 134 cm³/mol. The van der Waals surface area contributed by atoms with Crippen molar-refractivity contribution >= 4 is 19.5 Å². The molecule has 0 aliphatic carbocycles. The molecule has 0 aliphatic heterocycles. The largest absolute Gasteiger partial charge is 0.466 e. The first kappa shape index (κ1) is 26.4. The molecule has 0 radical (unpaired) electrons. The topological polar surface area (TPSA) is 113 Å². The summed E-state index contributed by atoms with van der Waals surface area (Å²) in [5.41, 5.74) is 1.22. The Morgan fingerprint density at radius 3 is 1.66 bits per heavy atom. The first-order valence-electron chi connectivity index (χ1n) is 11.4. The van der Waals surface area contributed by atoms with E-state index in [0.29, 0.717) is 0 Å². The molecule has 3 aromatic carbocycles. The van der Waals surface area contributed by atoms with Gasteiger partial charge in [0.05, 0.1) is 12.8 Å². The molecule has 3 rings (SSSR count). The summed E-state index contributed by atoms with van der Waals surface area (Å²) in [4.78, 5) is 45.0. The van der Waals surface area contributed by atoms with Gasteiger partial charge in [0.1, 0.15) is 5.54 Å². The average molecular weight is 496 g/mol. The number of nitrogens with one attached hydrogen (secondary N) is 1. The molecule has 35 heavy (non-hydrogen) atoms. The molecule has 1 atom stereocenters. The van der Waals surface area contributed by atoms with Gasteiger partial charge in [-0.1, -0.05) is 91.0 Å². The van der Waals surface area contributed by atoms with E-state index >= 15 is 0 Å². The van der Waals surface area contributed by atoms with Gasteiger partial charge in [0, 0.05) is 12.3 Å². The van der Waals surface area contributed by atoms with Crippen LogP contribution in [-0.2, 0) is 24.4 Å². The monoisotopic (exact) mass is 495 g/mol. The van der Waals surface area contributed by atoms with Crippen LogP contribution in [-0.4, -0.2) is 34.4 Å². The molecule has 184 valence electrons. The Balaban J connectivity index is 2.10. The molecule has 3 aromatic rings. The second-order valence-corrected chi connectivity index (χ2v) is 9.92. The number of rotatable bonds is 11. The summed E-state index contributed by atoms with van der Waals surface area (Å²) >= 11 is 0. The number of benzene rings is 3. The molecule has 0 heterocycles. The molecule has 7 nitrogen and oxygen atoms in total. The smallest absolute Gasteiger partial charge is 0.326 e. The van der Waals surface area contributed by atoms with Crippen LogP contribution in [0.25, 0.3) is 0 Å². The Hall–Kier alpha value is -3.25. The van der Waals surface area contributed by atoms with E-state index in [0.717, 1.165) is 16.7 Å². The third-order valence-electron chi connectivity index (χ3n) is 5.76. The van der Waals surface area contributed by atoms with E-state index in [4.69, 9.17) is 4.74 Å². The zero-order valence-electron chi connectivity index (χ0n) is 19.5. The Morgan fingerprint density at radius 1 is 0.857 bits per heavy atom. The van der Waals surface area contributed by atoms with Gasteiger partial charge in [-0.25, -0.2) is 0 Å². The number of hydrogen-bond acceptors (Lipinski definition) is 4. The molecule has 0 bridgehead atoms. The van der Waals surface area contributed by atoms with Crippen molar-refractivity contribution in [2.24, 2.45) is 5.92 Å². The maximum atomic E-state index is 13.7. The minimum atomic E-state index is -4.55. The lowest BCUT2D eigenvalue weighted by Crippen LogP contribution is -2.50. The summed E-state index contributed by atoms with van der Waals surface area (Å²) in [5, 5.41) is 3.12. The summed E-state index contributed by atoms with van der Waals surface area (Å²) in [6.07, 6.45) is -0.849. The zero-order chi connectivity index (χ0) is 25.3. The van der Waals surface area contributed by atoms with Crippen molar-refractivity contribution in [1.29, 1.82) is 0 Å². The summed E-state index contributed by atoms with van der Waals surface area (Å²) < 4.78 is 16.8. The van der Waals surface area contributed by atoms with E-state index < -0.39 is 37.1 Å². The lowest BCUT2D eigenvalue weighted by atomic mass is 9.76. The number of esters is 1. The van der Waals surface area contributed by atoms with Crippen LogP contribution in [0.5, 0.6) is 0 Å². The summed E-state index contributed by atoms with van der Waals surface area (Å²) in [6, 6.07) is 28.3. The molecule has 0 aromatic heterocycles. The molecule has 0 saturated heterocycles. The fourth-order valence-electron chi connectivity index (χ4n) is 4.19. The van der Waals surface area contributed by atoms with Crippen molar-refractivity contribution in [2.45, 2.75) is 25.3 Å². The quantitative estimate of drug-likeness (QED) is 0.208. The number of ether oxygens (including phenoxy) is 1. The Bertz CT molecular complexity index is 1050. The molecule has 0 saturated carbocycles. The summed E-state index contributed by atoms with van der Waals surface area (Å²) in [6.45, 7) is 1.86. The van der Waals surface area contributed by atoms with Gasteiger partial charge in [0.2, 0.25) is 5.91 Å². The molecule has 3 N–H and O–H groups in total. The average Bonchev–Trinajstić information content (AvgIpc) is 2.86. The fraction of sp³-hybridized carbons (Fsp3) is 0.259. The van der Waals surface area contributed by atoms with Crippen LogP contribution in [0.4, 0.5) is 0 Å². The molecular weight excluding hydrogens is 465 g/mol. The van der Waals surface area contributed by atoms with Crippen molar-refractivity contribution in [2.75, 3.05) is 12.8 Å². The van der Waals surface area contributed by atoms with Crippen LogP contribution in [0, 0.1) is 5.92 Å². The Morgan fingerprint density at radius 2 is 1.29 bits per heavy atom. The van der Waals surface area contributed by atoms with Crippen LogP contribution in [0.2, 0.25) is 0 Å². The van der Waals surface area contributed by atoms with Crippen molar-refractivity contribution in [3.63, 3.8) is 0 Å². The molecule has 1 unspecified atom stereocenters. The Labute approximate surface area is 205 Å². The van der Waals surface area contributed by atoms with Crippen molar-refractivity contribution in [3.05, 3.63) is 108 Å². The van der Waals surface area contributed by atoms with Crippen LogP contribution in [0.1, 0.15) is 36.5 Å². The van der Waals surface area contributed by atoms with Crippen LogP contribution in [0.3, 0.4) is 0 Å². The van der Waals surface area contributed by atoms with E-state index in [9.17, 15) is 23.9 Å². The normalized spacial score (nSPS) is 12.5. The predicted octanol–water partition coefficient (Wildman–Crippen LogP) is 4.23. The van der Waals surface area contributed by atoms with Crippen LogP contribution >= 0.6 is 7.60 Å². The standard InChI is InChI=1S/C27H30NO6P/c1-2-34-25(29)19-18-21(20-35(31,32)33)26(30)28-27(22-12-6-3-7-13-22,23-14-8-4-9-15-23)24-16-10-5-11-17-24/h3-17,21H,2,18-20H2,1H3,(H,28,30)(H2,31,32,33). The number of hydrogen-bond donors (Lipinski definition) is 3. The van der Waals surface area contributed by atoms with E-state index in [1.165, 1.54) is 0 Å². The molecule has 0 fully saturated rings. The molecule has 8 heteroatoms. The summed E-state index contributed by atoms with van der Waals surface area (Å²) in [5.74, 6) is -2.18. The third kappa shape index (κ3) is 6.89. The minimum Gasteiger partial charge on any atom is -0.466 e. The zero-order valence-corrected chi connectivity index (χ0v) is 20.4. The number of carbonyl (C=O) groups excluding carboxylic acids is 2. The first-order chi connectivity index (χ1) is 16.8. The molecule has 1 amide bonds.